The maximum absolute atomic E-state index is 6.30. The summed E-state index contributed by atoms with van der Waals surface area (Å²) in [7, 11) is 0. The Kier molecular flexibility index (Phi) is 4.43. The number of rotatable bonds is 4. The average molecular weight is 197 g/mol. The number of hydrogen-bond donors (Lipinski definition) is 1. The standard InChI is InChI=1S/C13H27N/c1-4-8-11-9-6-7-10-13(11,3)12(14)5-2/h11-12H,4-10,14H2,1-3H3. The molecule has 14 heavy (non-hydrogen) atoms. The molecule has 1 rings (SSSR count). The predicted molar refractivity (Wildman–Crippen MR) is 63.2 cm³/mol. The molecular formula is C13H27N. The van der Waals surface area contributed by atoms with Crippen LogP contribution in [0.2, 0.25) is 0 Å². The van der Waals surface area contributed by atoms with E-state index in [-0.39, 0.29) is 0 Å². The van der Waals surface area contributed by atoms with E-state index < -0.39 is 0 Å². The van der Waals surface area contributed by atoms with Crippen molar-refractivity contribution in [1.29, 1.82) is 0 Å². The molecule has 1 aliphatic rings. The van der Waals surface area contributed by atoms with Crippen molar-refractivity contribution < 1.29 is 0 Å². The van der Waals surface area contributed by atoms with E-state index in [9.17, 15) is 0 Å². The van der Waals surface area contributed by atoms with Gasteiger partial charge in [0.25, 0.3) is 0 Å². The van der Waals surface area contributed by atoms with E-state index in [1.165, 1.54) is 38.5 Å². The summed E-state index contributed by atoms with van der Waals surface area (Å²) in [4.78, 5) is 0. The average Bonchev–Trinajstić information content (AvgIpc) is 2.20. The van der Waals surface area contributed by atoms with Crippen LogP contribution in [0.15, 0.2) is 0 Å². The van der Waals surface area contributed by atoms with Crippen molar-refractivity contribution in [3.05, 3.63) is 0 Å². The third-order valence-corrected chi connectivity index (χ3v) is 4.37. The smallest absolute Gasteiger partial charge is 0.00929 e. The van der Waals surface area contributed by atoms with Gasteiger partial charge in [-0.05, 0) is 30.6 Å². The van der Waals surface area contributed by atoms with Crippen LogP contribution in [0, 0.1) is 11.3 Å². The monoisotopic (exact) mass is 197 g/mol. The summed E-state index contributed by atoms with van der Waals surface area (Å²) < 4.78 is 0. The molecule has 1 aliphatic carbocycles. The Bertz CT molecular complexity index is 165. The van der Waals surface area contributed by atoms with Crippen molar-refractivity contribution in [3.63, 3.8) is 0 Å². The summed E-state index contributed by atoms with van der Waals surface area (Å²) in [6, 6.07) is 0.416. The summed E-state index contributed by atoms with van der Waals surface area (Å²) >= 11 is 0. The molecule has 1 fully saturated rings. The van der Waals surface area contributed by atoms with Gasteiger partial charge in [0.05, 0.1) is 0 Å². The van der Waals surface area contributed by atoms with Crippen molar-refractivity contribution >= 4 is 0 Å². The second kappa shape index (κ2) is 5.16. The zero-order chi connectivity index (χ0) is 10.6. The van der Waals surface area contributed by atoms with Gasteiger partial charge < -0.3 is 5.73 Å². The van der Waals surface area contributed by atoms with Gasteiger partial charge in [-0.25, -0.2) is 0 Å². The fraction of sp³-hybridized carbons (Fsp3) is 1.00. The van der Waals surface area contributed by atoms with E-state index in [0.717, 1.165) is 12.3 Å². The van der Waals surface area contributed by atoms with Crippen LogP contribution in [0.5, 0.6) is 0 Å². The van der Waals surface area contributed by atoms with Gasteiger partial charge in [0.2, 0.25) is 0 Å². The Morgan fingerprint density at radius 1 is 1.36 bits per heavy atom. The summed E-state index contributed by atoms with van der Waals surface area (Å²) in [5.41, 5.74) is 6.74. The Balaban J connectivity index is 2.68. The summed E-state index contributed by atoms with van der Waals surface area (Å²) in [5, 5.41) is 0. The molecule has 1 nitrogen and oxygen atoms in total. The topological polar surface area (TPSA) is 26.0 Å². The first-order valence-corrected chi connectivity index (χ1v) is 6.40. The minimum absolute atomic E-state index is 0.416. The molecule has 84 valence electrons. The van der Waals surface area contributed by atoms with Gasteiger partial charge in [-0.2, -0.15) is 0 Å². The lowest BCUT2D eigenvalue weighted by Gasteiger charge is -2.45. The molecule has 1 heteroatoms. The van der Waals surface area contributed by atoms with E-state index >= 15 is 0 Å². The molecule has 1 saturated carbocycles. The Labute approximate surface area is 89.5 Å². The van der Waals surface area contributed by atoms with Crippen molar-refractivity contribution in [2.75, 3.05) is 0 Å². The van der Waals surface area contributed by atoms with Crippen LogP contribution in [0.3, 0.4) is 0 Å². The van der Waals surface area contributed by atoms with Gasteiger partial charge in [0.1, 0.15) is 0 Å². The molecule has 3 unspecified atom stereocenters. The number of hydrogen-bond acceptors (Lipinski definition) is 1. The molecule has 0 aromatic carbocycles. The van der Waals surface area contributed by atoms with Crippen LogP contribution < -0.4 is 5.73 Å². The van der Waals surface area contributed by atoms with E-state index in [1.54, 1.807) is 0 Å². The van der Waals surface area contributed by atoms with E-state index in [1.807, 2.05) is 0 Å². The first kappa shape index (κ1) is 12.0. The van der Waals surface area contributed by atoms with Gasteiger partial charge in [-0.3, -0.25) is 0 Å². The van der Waals surface area contributed by atoms with Crippen LogP contribution in [0.25, 0.3) is 0 Å². The molecule has 0 heterocycles. The van der Waals surface area contributed by atoms with Gasteiger partial charge in [0, 0.05) is 6.04 Å². The van der Waals surface area contributed by atoms with Crippen LogP contribution in [0.4, 0.5) is 0 Å². The molecule has 0 aromatic rings. The van der Waals surface area contributed by atoms with Crippen molar-refractivity contribution in [3.8, 4) is 0 Å². The molecule has 0 amide bonds. The number of nitrogens with two attached hydrogens (primary N) is 1. The maximum atomic E-state index is 6.30. The third kappa shape index (κ3) is 2.31. The normalized spacial score (nSPS) is 35.6. The molecule has 0 spiro atoms. The second-order valence-electron chi connectivity index (χ2n) is 5.25. The van der Waals surface area contributed by atoms with Gasteiger partial charge in [-0.1, -0.05) is 46.5 Å². The maximum Gasteiger partial charge on any atom is 0.00929 e. The fourth-order valence-electron chi connectivity index (χ4n) is 3.21. The summed E-state index contributed by atoms with van der Waals surface area (Å²) in [6.07, 6.45) is 9.42. The first-order chi connectivity index (χ1) is 6.65. The molecule has 0 aromatic heterocycles. The highest BCUT2D eigenvalue weighted by atomic mass is 14.7. The lowest BCUT2D eigenvalue weighted by atomic mass is 9.62. The highest BCUT2D eigenvalue weighted by Gasteiger charge is 2.39. The van der Waals surface area contributed by atoms with Crippen molar-refractivity contribution in [2.24, 2.45) is 17.1 Å². The Morgan fingerprint density at radius 3 is 2.64 bits per heavy atom. The summed E-state index contributed by atoms with van der Waals surface area (Å²) in [6.45, 7) is 6.96. The molecule has 0 radical (unpaired) electrons. The van der Waals surface area contributed by atoms with E-state index in [0.29, 0.717) is 11.5 Å². The molecule has 0 bridgehead atoms. The summed E-state index contributed by atoms with van der Waals surface area (Å²) in [5.74, 6) is 0.885. The Morgan fingerprint density at radius 2 is 2.07 bits per heavy atom. The minimum Gasteiger partial charge on any atom is -0.327 e. The van der Waals surface area contributed by atoms with Crippen LogP contribution in [-0.2, 0) is 0 Å². The quantitative estimate of drug-likeness (QED) is 0.730. The van der Waals surface area contributed by atoms with Crippen LogP contribution in [-0.4, -0.2) is 6.04 Å². The highest BCUT2D eigenvalue weighted by Crippen LogP contribution is 2.45. The molecule has 3 atom stereocenters. The van der Waals surface area contributed by atoms with Crippen LogP contribution >= 0.6 is 0 Å². The second-order valence-corrected chi connectivity index (χ2v) is 5.25. The first-order valence-electron chi connectivity index (χ1n) is 6.40. The molecule has 0 saturated heterocycles. The molecular weight excluding hydrogens is 170 g/mol. The highest BCUT2D eigenvalue weighted by molar-refractivity contribution is 4.93. The van der Waals surface area contributed by atoms with Crippen LogP contribution in [0.1, 0.15) is 65.7 Å². The molecule has 2 N–H and O–H groups in total. The van der Waals surface area contributed by atoms with E-state index in [4.69, 9.17) is 5.73 Å². The minimum atomic E-state index is 0.416. The van der Waals surface area contributed by atoms with Gasteiger partial charge in [0.15, 0.2) is 0 Å². The van der Waals surface area contributed by atoms with Gasteiger partial charge in [-0.15, -0.1) is 0 Å². The molecule has 0 aliphatic heterocycles. The lowest BCUT2D eigenvalue weighted by molar-refractivity contribution is 0.0733. The fourth-order valence-corrected chi connectivity index (χ4v) is 3.21. The van der Waals surface area contributed by atoms with Gasteiger partial charge >= 0.3 is 0 Å². The SMILES string of the molecule is CCCC1CCCCC1(C)C(N)CC. The lowest BCUT2D eigenvalue weighted by Crippen LogP contribution is -2.46. The largest absolute Gasteiger partial charge is 0.327 e. The van der Waals surface area contributed by atoms with E-state index in [2.05, 4.69) is 20.8 Å². The third-order valence-electron chi connectivity index (χ3n) is 4.37. The predicted octanol–water partition coefficient (Wildman–Crippen LogP) is 3.72. The Hall–Kier alpha value is -0.0400. The van der Waals surface area contributed by atoms with Crippen molar-refractivity contribution in [2.45, 2.75) is 71.8 Å². The van der Waals surface area contributed by atoms with Crippen molar-refractivity contribution in [1.82, 2.24) is 0 Å². The zero-order valence-electron chi connectivity index (χ0n) is 10.2. The zero-order valence-corrected chi connectivity index (χ0v) is 10.2.